The van der Waals surface area contributed by atoms with Gasteiger partial charge in [0.15, 0.2) is 11.5 Å². The Bertz CT molecular complexity index is 934. The van der Waals surface area contributed by atoms with Gasteiger partial charge in [0.2, 0.25) is 0 Å². The Morgan fingerprint density at radius 2 is 1.79 bits per heavy atom. The summed E-state index contributed by atoms with van der Waals surface area (Å²) in [6.45, 7) is 10.5. The normalized spacial score (nSPS) is 11.9. The van der Waals surface area contributed by atoms with Gasteiger partial charge in [-0.3, -0.25) is 0 Å². The average Bonchev–Trinajstić information content (AvgIpc) is 3.05. The lowest BCUT2D eigenvalue weighted by atomic mass is 9.94. The van der Waals surface area contributed by atoms with Crippen LogP contribution in [0.4, 0.5) is 4.39 Å². The summed E-state index contributed by atoms with van der Waals surface area (Å²) in [4.78, 5) is 3.16. The molecule has 0 saturated carbocycles. The van der Waals surface area contributed by atoms with Crippen molar-refractivity contribution in [2.24, 2.45) is 5.92 Å². The molecule has 0 aliphatic rings. The molecule has 3 rings (SSSR count). The number of fused-ring (bicyclic) bond motifs is 1. The lowest BCUT2D eigenvalue weighted by molar-refractivity contribution is 0.238. The zero-order valence-corrected chi connectivity index (χ0v) is 17.7. The summed E-state index contributed by atoms with van der Waals surface area (Å²) in [5.41, 5.74) is 1.88. The van der Waals surface area contributed by atoms with E-state index in [1.807, 2.05) is 36.5 Å². The highest BCUT2D eigenvalue weighted by molar-refractivity contribution is 5.83. The van der Waals surface area contributed by atoms with E-state index >= 15 is 0 Å². The summed E-state index contributed by atoms with van der Waals surface area (Å²) < 4.78 is 25.2. The fraction of sp³-hybridized carbons (Fsp3) is 0.417. The topological polar surface area (TPSA) is 46.3 Å². The molecule has 0 spiro atoms. The van der Waals surface area contributed by atoms with Crippen molar-refractivity contribution < 1.29 is 13.9 Å². The number of H-pyrrole nitrogens is 1. The van der Waals surface area contributed by atoms with Gasteiger partial charge in [-0.05, 0) is 62.1 Å². The zero-order chi connectivity index (χ0) is 20.9. The average molecular weight is 399 g/mol. The second kappa shape index (κ2) is 9.31. The van der Waals surface area contributed by atoms with E-state index in [-0.39, 0.29) is 11.4 Å². The van der Waals surface area contributed by atoms with Crippen LogP contribution in [0.2, 0.25) is 0 Å². The van der Waals surface area contributed by atoms with Crippen molar-refractivity contribution in [1.82, 2.24) is 10.3 Å². The molecule has 29 heavy (non-hydrogen) atoms. The van der Waals surface area contributed by atoms with Crippen LogP contribution in [0.3, 0.4) is 0 Å². The van der Waals surface area contributed by atoms with Gasteiger partial charge < -0.3 is 19.8 Å². The molecule has 1 aromatic heterocycles. The van der Waals surface area contributed by atoms with Crippen molar-refractivity contribution in [3.05, 3.63) is 60.0 Å². The molecule has 2 aromatic carbocycles. The van der Waals surface area contributed by atoms with Crippen molar-refractivity contribution in [2.45, 2.75) is 39.7 Å². The van der Waals surface area contributed by atoms with E-state index in [1.165, 1.54) is 17.7 Å². The Morgan fingerprint density at radius 1 is 1.07 bits per heavy atom. The third-order valence-corrected chi connectivity index (χ3v) is 4.75. The molecule has 0 bridgehead atoms. The van der Waals surface area contributed by atoms with Crippen LogP contribution in [0.15, 0.2) is 48.7 Å². The number of benzene rings is 2. The van der Waals surface area contributed by atoms with Crippen LogP contribution in [0.1, 0.15) is 33.3 Å². The maximum absolute atomic E-state index is 13.4. The van der Waals surface area contributed by atoms with Crippen molar-refractivity contribution in [2.75, 3.05) is 19.8 Å². The molecule has 0 unspecified atom stereocenters. The second-order valence-corrected chi connectivity index (χ2v) is 8.49. The maximum atomic E-state index is 13.4. The standard InChI is InChI=1S/C24H31FN2O2/c1-17(2)16-29-23-8-6-5-7-22(23)28-12-11-27-24(3,4)14-18-15-26-21-13-19(25)9-10-20(18)21/h5-10,13,15,17,26-27H,11-12,14,16H2,1-4H3. The Morgan fingerprint density at radius 3 is 2.52 bits per heavy atom. The SMILES string of the molecule is CC(C)COc1ccccc1OCCNC(C)(C)Cc1c[nH]c2cc(F)ccc12. The summed E-state index contributed by atoms with van der Waals surface area (Å²) in [5, 5.41) is 4.62. The van der Waals surface area contributed by atoms with Crippen molar-refractivity contribution in [3.63, 3.8) is 0 Å². The van der Waals surface area contributed by atoms with Gasteiger partial charge in [0.25, 0.3) is 0 Å². The van der Waals surface area contributed by atoms with Gasteiger partial charge in [0, 0.05) is 29.2 Å². The number of hydrogen-bond donors (Lipinski definition) is 2. The zero-order valence-electron chi connectivity index (χ0n) is 17.7. The number of aromatic nitrogens is 1. The first kappa shape index (κ1) is 21.2. The molecule has 1 heterocycles. The van der Waals surface area contributed by atoms with Gasteiger partial charge in [0.05, 0.1) is 6.61 Å². The molecule has 0 amide bonds. The predicted molar refractivity (Wildman–Crippen MR) is 116 cm³/mol. The summed E-state index contributed by atoms with van der Waals surface area (Å²) in [5.74, 6) is 1.79. The number of ether oxygens (including phenoxy) is 2. The third-order valence-electron chi connectivity index (χ3n) is 4.75. The van der Waals surface area contributed by atoms with E-state index in [0.29, 0.717) is 25.7 Å². The smallest absolute Gasteiger partial charge is 0.161 e. The fourth-order valence-corrected chi connectivity index (χ4v) is 3.34. The Kier molecular flexibility index (Phi) is 6.80. The highest BCUT2D eigenvalue weighted by atomic mass is 19.1. The van der Waals surface area contributed by atoms with Gasteiger partial charge in [-0.1, -0.05) is 26.0 Å². The highest BCUT2D eigenvalue weighted by Crippen LogP contribution is 2.27. The molecular formula is C24H31FN2O2. The summed E-state index contributed by atoms with van der Waals surface area (Å²) in [6.07, 6.45) is 2.79. The quantitative estimate of drug-likeness (QED) is 0.454. The second-order valence-electron chi connectivity index (χ2n) is 8.49. The lowest BCUT2D eigenvalue weighted by Gasteiger charge is -2.26. The molecule has 0 atom stereocenters. The van der Waals surface area contributed by atoms with E-state index in [9.17, 15) is 4.39 Å². The molecular weight excluding hydrogens is 367 g/mol. The highest BCUT2D eigenvalue weighted by Gasteiger charge is 2.19. The van der Waals surface area contributed by atoms with Crippen LogP contribution in [0.25, 0.3) is 10.9 Å². The van der Waals surface area contributed by atoms with Crippen molar-refractivity contribution in [3.8, 4) is 11.5 Å². The van der Waals surface area contributed by atoms with E-state index < -0.39 is 0 Å². The van der Waals surface area contributed by atoms with Crippen molar-refractivity contribution >= 4 is 10.9 Å². The van der Waals surface area contributed by atoms with Gasteiger partial charge in [0.1, 0.15) is 12.4 Å². The number of aromatic amines is 1. The molecule has 0 aliphatic carbocycles. The largest absolute Gasteiger partial charge is 0.489 e. The van der Waals surface area contributed by atoms with E-state index in [2.05, 4.69) is 38.0 Å². The first-order valence-corrected chi connectivity index (χ1v) is 10.2. The van der Waals surface area contributed by atoms with Crippen LogP contribution in [0.5, 0.6) is 11.5 Å². The fourth-order valence-electron chi connectivity index (χ4n) is 3.34. The monoisotopic (exact) mass is 398 g/mol. The van der Waals surface area contributed by atoms with E-state index in [0.717, 1.165) is 28.8 Å². The van der Waals surface area contributed by atoms with Crippen LogP contribution in [-0.4, -0.2) is 30.3 Å². The third kappa shape index (κ3) is 5.97. The number of para-hydroxylation sites is 2. The maximum Gasteiger partial charge on any atom is 0.161 e. The minimum atomic E-state index is -0.224. The molecule has 5 heteroatoms. The number of halogens is 1. The lowest BCUT2D eigenvalue weighted by Crippen LogP contribution is -2.43. The number of nitrogens with one attached hydrogen (secondary N) is 2. The first-order chi connectivity index (χ1) is 13.8. The number of rotatable bonds is 10. The van der Waals surface area contributed by atoms with Gasteiger partial charge >= 0.3 is 0 Å². The first-order valence-electron chi connectivity index (χ1n) is 10.2. The molecule has 0 fully saturated rings. The predicted octanol–water partition coefficient (Wildman–Crippen LogP) is 5.33. The molecule has 2 N–H and O–H groups in total. The van der Waals surface area contributed by atoms with E-state index in [1.54, 1.807) is 0 Å². The van der Waals surface area contributed by atoms with Gasteiger partial charge in [-0.15, -0.1) is 0 Å². The Labute approximate surface area is 172 Å². The molecule has 0 radical (unpaired) electrons. The van der Waals surface area contributed by atoms with Crippen LogP contribution < -0.4 is 14.8 Å². The van der Waals surface area contributed by atoms with Gasteiger partial charge in [-0.2, -0.15) is 0 Å². The molecule has 0 aliphatic heterocycles. The molecule has 4 nitrogen and oxygen atoms in total. The summed E-state index contributed by atoms with van der Waals surface area (Å²) in [6, 6.07) is 12.7. The van der Waals surface area contributed by atoms with Crippen LogP contribution in [-0.2, 0) is 6.42 Å². The minimum Gasteiger partial charge on any atom is -0.489 e. The summed E-state index contributed by atoms with van der Waals surface area (Å²) in [7, 11) is 0. The van der Waals surface area contributed by atoms with E-state index in [4.69, 9.17) is 9.47 Å². The van der Waals surface area contributed by atoms with Crippen molar-refractivity contribution in [1.29, 1.82) is 0 Å². The Hall–Kier alpha value is -2.53. The Balaban J connectivity index is 1.52. The van der Waals surface area contributed by atoms with Crippen LogP contribution >= 0.6 is 0 Å². The van der Waals surface area contributed by atoms with Gasteiger partial charge in [-0.25, -0.2) is 4.39 Å². The summed E-state index contributed by atoms with van der Waals surface area (Å²) >= 11 is 0. The number of hydrogen-bond acceptors (Lipinski definition) is 3. The minimum absolute atomic E-state index is 0.124. The molecule has 156 valence electrons. The molecule has 0 saturated heterocycles. The van der Waals surface area contributed by atoms with Crippen LogP contribution in [0, 0.1) is 11.7 Å². The molecule has 3 aromatic rings.